The summed E-state index contributed by atoms with van der Waals surface area (Å²) in [7, 11) is 0. The van der Waals surface area contributed by atoms with Gasteiger partial charge in [-0.2, -0.15) is 0 Å². The Labute approximate surface area is 82.2 Å². The van der Waals surface area contributed by atoms with Crippen molar-refractivity contribution >= 4 is 8.41 Å². The van der Waals surface area contributed by atoms with Crippen LogP contribution in [-0.4, -0.2) is 8.41 Å². The average molecular weight is 286 g/mol. The number of rotatable bonds is 0. The molecule has 5 heavy (non-hydrogen) atoms. The quantitative estimate of drug-likeness (QED) is 0.491. The van der Waals surface area contributed by atoms with E-state index in [2.05, 4.69) is 0 Å². The van der Waals surface area contributed by atoms with Crippen LogP contribution in [0.15, 0.2) is 0 Å². The van der Waals surface area contributed by atoms with E-state index in [4.69, 9.17) is 0 Å². The van der Waals surface area contributed by atoms with Gasteiger partial charge in [0.25, 0.3) is 0 Å². The van der Waals surface area contributed by atoms with Crippen LogP contribution in [0.5, 0.6) is 0 Å². The summed E-state index contributed by atoms with van der Waals surface area (Å²) in [5.41, 5.74) is 0. The predicted octanol–water partition coefficient (Wildman–Crippen LogP) is -1.19. The van der Waals surface area contributed by atoms with E-state index in [1.165, 1.54) is 0 Å². The van der Waals surface area contributed by atoms with Gasteiger partial charge in [-0.25, -0.2) is 0 Å². The van der Waals surface area contributed by atoms with Crippen LogP contribution in [0.4, 0.5) is 0 Å². The van der Waals surface area contributed by atoms with Gasteiger partial charge in [-0.15, -0.1) is 0 Å². The fourth-order valence-corrected chi connectivity index (χ4v) is 0. The third-order valence-corrected chi connectivity index (χ3v) is 0. The van der Waals surface area contributed by atoms with Crippen LogP contribution in [0.3, 0.4) is 0 Å². The molecule has 0 saturated carbocycles. The Kier molecular flexibility index (Phi) is 337. The Bertz CT molecular complexity index is 11.6. The van der Waals surface area contributed by atoms with Gasteiger partial charge < -0.3 is 0 Å². The monoisotopic (exact) mass is 287 g/mol. The first-order valence-corrected chi connectivity index (χ1v) is 0. The molecule has 0 N–H and O–H groups in total. The van der Waals surface area contributed by atoms with Gasteiger partial charge in [0.2, 0.25) is 0 Å². The minimum Gasteiger partial charge on any atom is 0 e. The van der Waals surface area contributed by atoms with Crippen LogP contribution < -0.4 is 0 Å². The van der Waals surface area contributed by atoms with Gasteiger partial charge in [-0.3, -0.25) is 0 Å². The standard InChI is InChI=1S/BH3.Fe.Mn.Mo.Zn/h1H3;;;;. The molecule has 29 valence electrons. The van der Waals surface area contributed by atoms with Gasteiger partial charge in [0, 0.05) is 74.7 Å². The molecular formula is H3BFeMnMoZn. The Morgan fingerprint density at radius 1 is 1.00 bits per heavy atom. The van der Waals surface area contributed by atoms with E-state index in [0.717, 1.165) is 0 Å². The topological polar surface area (TPSA) is 0 Å². The van der Waals surface area contributed by atoms with E-state index in [0.29, 0.717) is 0 Å². The number of hydrogen-bond donors (Lipinski definition) is 0. The zero-order valence-electron chi connectivity index (χ0n) is 1.85. The summed E-state index contributed by atoms with van der Waals surface area (Å²) in [6, 6.07) is 0. The molecule has 0 fully saturated rings. The van der Waals surface area contributed by atoms with Gasteiger partial charge >= 0.3 is 0 Å². The first kappa shape index (κ1) is 52.3. The summed E-state index contributed by atoms with van der Waals surface area (Å²) < 4.78 is 0. The van der Waals surface area contributed by atoms with Crippen molar-refractivity contribution in [2.75, 3.05) is 0 Å². The van der Waals surface area contributed by atoms with E-state index in [1.807, 2.05) is 0 Å². The largest absolute Gasteiger partial charge is 0.0814 e. The molecule has 0 aliphatic heterocycles. The summed E-state index contributed by atoms with van der Waals surface area (Å²) in [6.45, 7) is 0. The second-order valence-corrected chi connectivity index (χ2v) is 0. The second kappa shape index (κ2) is 32.2. The average Bonchev–Trinajstić information content (AvgIpc) is 0. The zero-order chi connectivity index (χ0) is 0. The molecule has 0 amide bonds. The van der Waals surface area contributed by atoms with Gasteiger partial charge in [-0.05, 0) is 0 Å². The van der Waals surface area contributed by atoms with Crippen LogP contribution >= 0.6 is 0 Å². The van der Waals surface area contributed by atoms with E-state index < -0.39 is 0 Å². The Morgan fingerprint density at radius 2 is 1.00 bits per heavy atom. The Morgan fingerprint density at radius 3 is 1.00 bits per heavy atom. The first-order valence-electron chi connectivity index (χ1n) is 0. The summed E-state index contributed by atoms with van der Waals surface area (Å²) in [5, 5.41) is 0. The maximum atomic E-state index is 0. The molecule has 0 aliphatic carbocycles. The van der Waals surface area contributed by atoms with Crippen LogP contribution in [-0.2, 0) is 74.7 Å². The zero-order valence-corrected chi connectivity index (χ0v) is 9.11. The second-order valence-electron chi connectivity index (χ2n) is 0. The first-order chi connectivity index (χ1) is 0. The van der Waals surface area contributed by atoms with E-state index in [1.54, 1.807) is 0 Å². The molecule has 5 heteroatoms. The van der Waals surface area contributed by atoms with Crippen molar-refractivity contribution in [3.63, 3.8) is 0 Å². The smallest absolute Gasteiger partial charge is 0 e. The van der Waals surface area contributed by atoms with E-state index >= 15 is 0 Å². The van der Waals surface area contributed by atoms with Crippen LogP contribution in [0.25, 0.3) is 0 Å². The SMILES string of the molecule is B.[Fe].[Mn].[Mo].[Zn]. The van der Waals surface area contributed by atoms with E-state index in [-0.39, 0.29) is 83.1 Å². The van der Waals surface area contributed by atoms with Gasteiger partial charge in [0.15, 0.2) is 0 Å². The summed E-state index contributed by atoms with van der Waals surface area (Å²) in [5.74, 6) is 0. The normalized spacial score (nSPS) is 0. The molecule has 1 radical (unpaired) electrons. The van der Waals surface area contributed by atoms with Gasteiger partial charge in [0.05, 0.1) is 8.41 Å². The third-order valence-electron chi connectivity index (χ3n) is 0. The fraction of sp³-hybridized carbons (Fsp3) is 0. The maximum absolute atomic E-state index is 0. The maximum Gasteiger partial charge on any atom is 0.0814 e. The van der Waals surface area contributed by atoms with Crippen LogP contribution in [0, 0.1) is 0 Å². The Balaban J connectivity index is 0. The summed E-state index contributed by atoms with van der Waals surface area (Å²) in [4.78, 5) is 0. The molecule has 0 aromatic carbocycles. The molecular weight excluding hydrogens is 283 g/mol. The molecule has 0 bridgehead atoms. The van der Waals surface area contributed by atoms with Crippen molar-refractivity contribution in [1.82, 2.24) is 0 Å². The van der Waals surface area contributed by atoms with Gasteiger partial charge in [-0.1, -0.05) is 0 Å². The van der Waals surface area contributed by atoms with Gasteiger partial charge in [0.1, 0.15) is 0 Å². The van der Waals surface area contributed by atoms with Crippen molar-refractivity contribution in [1.29, 1.82) is 0 Å². The predicted molar refractivity (Wildman–Crippen MR) is 9.94 cm³/mol. The molecule has 0 aromatic rings. The molecule has 0 aliphatic rings. The summed E-state index contributed by atoms with van der Waals surface area (Å²) >= 11 is 0. The molecule has 0 spiro atoms. The molecule has 0 rings (SSSR count). The molecule has 0 unspecified atom stereocenters. The third kappa shape index (κ3) is 21.4. The minimum atomic E-state index is 0. The Hall–Kier alpha value is 2.42. The molecule has 0 saturated heterocycles. The summed E-state index contributed by atoms with van der Waals surface area (Å²) in [6.07, 6.45) is 0. The van der Waals surface area contributed by atoms with Crippen molar-refractivity contribution in [3.05, 3.63) is 0 Å². The minimum absolute atomic E-state index is 0. The van der Waals surface area contributed by atoms with Crippen molar-refractivity contribution in [2.24, 2.45) is 0 Å². The fourth-order valence-electron chi connectivity index (χ4n) is 0. The molecule has 0 nitrogen and oxygen atoms in total. The van der Waals surface area contributed by atoms with Crippen LogP contribution in [0.2, 0.25) is 0 Å². The van der Waals surface area contributed by atoms with Crippen molar-refractivity contribution < 1.29 is 74.7 Å². The van der Waals surface area contributed by atoms with Crippen molar-refractivity contribution in [2.45, 2.75) is 0 Å². The molecule has 0 atom stereocenters. The number of hydrogen-bond acceptors (Lipinski definition) is 0. The van der Waals surface area contributed by atoms with Crippen LogP contribution in [0.1, 0.15) is 0 Å². The molecule has 0 aromatic heterocycles. The van der Waals surface area contributed by atoms with E-state index in [9.17, 15) is 0 Å². The van der Waals surface area contributed by atoms with Crippen molar-refractivity contribution in [3.8, 4) is 0 Å². The molecule has 0 heterocycles.